The third kappa shape index (κ3) is 3.93. The van der Waals surface area contributed by atoms with Crippen LogP contribution in [0.4, 0.5) is 0 Å². The topological polar surface area (TPSA) is 23.6 Å². The Morgan fingerprint density at radius 3 is 2.48 bits per heavy atom. The van der Waals surface area contributed by atoms with Crippen molar-refractivity contribution in [3.05, 3.63) is 71.3 Å². The van der Waals surface area contributed by atoms with Crippen LogP contribution in [0, 0.1) is 0 Å². The molecule has 142 valence electrons. The molecular weight excluding hydrogens is 332 g/mol. The molecule has 0 bridgehead atoms. The highest BCUT2D eigenvalue weighted by molar-refractivity contribution is 5.79. The first-order valence-electron chi connectivity index (χ1n) is 10.4. The molecule has 1 heterocycles. The van der Waals surface area contributed by atoms with Gasteiger partial charge in [0.2, 0.25) is 5.91 Å². The number of hydrogen-bond donors (Lipinski definition) is 0. The fourth-order valence-electron chi connectivity index (χ4n) is 4.86. The van der Waals surface area contributed by atoms with Gasteiger partial charge in [0.1, 0.15) is 0 Å². The predicted octanol–water partition coefficient (Wildman–Crippen LogP) is 4.23. The molecule has 3 nitrogen and oxygen atoms in total. The van der Waals surface area contributed by atoms with E-state index in [-0.39, 0.29) is 11.9 Å². The highest BCUT2D eigenvalue weighted by atomic mass is 16.2. The fourth-order valence-corrected chi connectivity index (χ4v) is 4.86. The van der Waals surface area contributed by atoms with Crippen LogP contribution in [0.15, 0.2) is 54.6 Å². The maximum atomic E-state index is 13.1. The van der Waals surface area contributed by atoms with Crippen LogP contribution in [-0.4, -0.2) is 41.9 Å². The van der Waals surface area contributed by atoms with Gasteiger partial charge in [0.25, 0.3) is 0 Å². The molecule has 2 unspecified atom stereocenters. The van der Waals surface area contributed by atoms with E-state index in [2.05, 4.69) is 34.1 Å². The SMILES string of the molecule is CN(C(=O)Cc1ccccc1)C1CCCc2ccccc2C1N1CCCC1. The van der Waals surface area contributed by atoms with Crippen LogP contribution in [0.25, 0.3) is 0 Å². The van der Waals surface area contributed by atoms with Crippen LogP contribution in [0.5, 0.6) is 0 Å². The summed E-state index contributed by atoms with van der Waals surface area (Å²) in [6.07, 6.45) is 6.38. The number of nitrogens with zero attached hydrogens (tertiary/aromatic N) is 2. The summed E-state index contributed by atoms with van der Waals surface area (Å²) in [7, 11) is 2.02. The maximum absolute atomic E-state index is 13.1. The minimum absolute atomic E-state index is 0.231. The molecule has 0 spiro atoms. The summed E-state index contributed by atoms with van der Waals surface area (Å²) in [6.45, 7) is 2.30. The van der Waals surface area contributed by atoms with Gasteiger partial charge in [0.15, 0.2) is 0 Å². The Labute approximate surface area is 163 Å². The zero-order valence-electron chi connectivity index (χ0n) is 16.3. The fraction of sp³-hybridized carbons (Fsp3) is 0.458. The van der Waals surface area contributed by atoms with E-state index < -0.39 is 0 Å². The summed E-state index contributed by atoms with van der Waals surface area (Å²) in [5, 5.41) is 0. The maximum Gasteiger partial charge on any atom is 0.227 e. The third-order valence-electron chi connectivity index (χ3n) is 6.31. The van der Waals surface area contributed by atoms with Crippen LogP contribution in [-0.2, 0) is 17.6 Å². The van der Waals surface area contributed by atoms with E-state index in [4.69, 9.17) is 0 Å². The Bertz CT molecular complexity index is 767. The number of benzene rings is 2. The molecule has 2 atom stereocenters. The van der Waals surface area contributed by atoms with Crippen molar-refractivity contribution in [2.75, 3.05) is 20.1 Å². The number of likely N-dealkylation sites (N-methyl/N-ethyl adjacent to an activating group) is 1. The minimum Gasteiger partial charge on any atom is -0.341 e. The highest BCUT2D eigenvalue weighted by Crippen LogP contribution is 2.37. The van der Waals surface area contributed by atoms with E-state index in [1.165, 1.54) is 24.0 Å². The number of carbonyl (C=O) groups excluding carboxylic acids is 1. The van der Waals surface area contributed by atoms with Crippen molar-refractivity contribution in [3.63, 3.8) is 0 Å². The Balaban J connectivity index is 1.61. The smallest absolute Gasteiger partial charge is 0.227 e. The average Bonchev–Trinajstić information content (AvgIpc) is 3.15. The molecule has 1 aliphatic carbocycles. The first-order chi connectivity index (χ1) is 13.2. The van der Waals surface area contributed by atoms with Gasteiger partial charge in [-0.1, -0.05) is 54.6 Å². The van der Waals surface area contributed by atoms with Gasteiger partial charge in [0.05, 0.1) is 18.5 Å². The standard InChI is InChI=1S/C24H30N2O/c1-25(23(27)18-19-10-3-2-4-11-19)22-15-9-13-20-12-5-6-14-21(20)24(22)26-16-7-8-17-26/h2-6,10-12,14,22,24H,7-9,13,15-18H2,1H3. The summed E-state index contributed by atoms with van der Waals surface area (Å²) in [5.41, 5.74) is 4.02. The molecule has 2 aliphatic rings. The van der Waals surface area contributed by atoms with Crippen LogP contribution in [0.2, 0.25) is 0 Å². The Hall–Kier alpha value is -2.13. The predicted molar refractivity (Wildman–Crippen MR) is 110 cm³/mol. The summed E-state index contributed by atoms with van der Waals surface area (Å²) in [5.74, 6) is 0.231. The molecule has 2 aromatic rings. The molecule has 1 saturated heterocycles. The molecular formula is C24H30N2O. The van der Waals surface area contributed by atoms with Gasteiger partial charge in [-0.25, -0.2) is 0 Å². The summed E-state index contributed by atoms with van der Waals surface area (Å²) >= 11 is 0. The molecule has 1 fully saturated rings. The zero-order chi connectivity index (χ0) is 18.6. The lowest BCUT2D eigenvalue weighted by Gasteiger charge is -2.39. The summed E-state index contributed by atoms with van der Waals surface area (Å²) in [6, 6.07) is 19.6. The normalized spacial score (nSPS) is 22.9. The van der Waals surface area contributed by atoms with Crippen LogP contribution in [0.1, 0.15) is 48.4 Å². The number of fused-ring (bicyclic) bond motifs is 1. The molecule has 4 rings (SSSR count). The quantitative estimate of drug-likeness (QED) is 0.760. The number of rotatable bonds is 4. The number of hydrogen-bond acceptors (Lipinski definition) is 2. The van der Waals surface area contributed by atoms with Gasteiger partial charge < -0.3 is 4.90 Å². The van der Waals surface area contributed by atoms with E-state index in [1.807, 2.05) is 37.4 Å². The molecule has 3 heteroatoms. The minimum atomic E-state index is 0.231. The highest BCUT2D eigenvalue weighted by Gasteiger charge is 2.37. The second kappa shape index (κ2) is 8.26. The van der Waals surface area contributed by atoms with Crippen molar-refractivity contribution in [1.29, 1.82) is 0 Å². The first-order valence-corrected chi connectivity index (χ1v) is 10.4. The van der Waals surface area contributed by atoms with Crippen molar-refractivity contribution in [3.8, 4) is 0 Å². The van der Waals surface area contributed by atoms with Crippen molar-refractivity contribution in [2.24, 2.45) is 0 Å². The van der Waals surface area contributed by atoms with E-state index in [0.717, 1.165) is 37.9 Å². The molecule has 0 N–H and O–H groups in total. The van der Waals surface area contributed by atoms with Crippen LogP contribution >= 0.6 is 0 Å². The van der Waals surface area contributed by atoms with Gasteiger partial charge in [0, 0.05) is 7.05 Å². The summed E-state index contributed by atoms with van der Waals surface area (Å²) in [4.78, 5) is 17.8. The second-order valence-corrected chi connectivity index (χ2v) is 8.01. The zero-order valence-corrected chi connectivity index (χ0v) is 16.3. The third-order valence-corrected chi connectivity index (χ3v) is 6.31. The Morgan fingerprint density at radius 1 is 1.00 bits per heavy atom. The van der Waals surface area contributed by atoms with E-state index in [0.29, 0.717) is 12.5 Å². The van der Waals surface area contributed by atoms with Crippen LogP contribution < -0.4 is 0 Å². The lowest BCUT2D eigenvalue weighted by atomic mass is 9.93. The molecule has 2 aromatic carbocycles. The number of aryl methyl sites for hydroxylation is 1. The van der Waals surface area contributed by atoms with Gasteiger partial charge >= 0.3 is 0 Å². The van der Waals surface area contributed by atoms with Crippen LogP contribution in [0.3, 0.4) is 0 Å². The molecule has 1 amide bonds. The van der Waals surface area contributed by atoms with Gasteiger partial charge in [-0.05, 0) is 61.9 Å². The summed E-state index contributed by atoms with van der Waals surface area (Å²) < 4.78 is 0. The van der Waals surface area contributed by atoms with Crippen molar-refractivity contribution in [2.45, 2.75) is 50.6 Å². The Morgan fingerprint density at radius 2 is 1.70 bits per heavy atom. The number of carbonyl (C=O) groups is 1. The van der Waals surface area contributed by atoms with Gasteiger partial charge in [-0.15, -0.1) is 0 Å². The molecule has 0 saturated carbocycles. The largest absolute Gasteiger partial charge is 0.341 e. The van der Waals surface area contributed by atoms with Gasteiger partial charge in [-0.3, -0.25) is 9.69 Å². The van der Waals surface area contributed by atoms with Crippen molar-refractivity contribution < 1.29 is 4.79 Å². The lowest BCUT2D eigenvalue weighted by Crippen LogP contribution is -2.46. The van der Waals surface area contributed by atoms with Crippen molar-refractivity contribution >= 4 is 5.91 Å². The van der Waals surface area contributed by atoms with E-state index in [9.17, 15) is 4.79 Å². The molecule has 0 aromatic heterocycles. The second-order valence-electron chi connectivity index (χ2n) is 8.01. The van der Waals surface area contributed by atoms with Crippen molar-refractivity contribution in [1.82, 2.24) is 9.80 Å². The molecule has 1 aliphatic heterocycles. The van der Waals surface area contributed by atoms with Gasteiger partial charge in [-0.2, -0.15) is 0 Å². The monoisotopic (exact) mass is 362 g/mol. The number of likely N-dealkylation sites (tertiary alicyclic amines) is 1. The average molecular weight is 363 g/mol. The Kier molecular flexibility index (Phi) is 5.58. The van der Waals surface area contributed by atoms with E-state index in [1.54, 1.807) is 0 Å². The number of amides is 1. The molecule has 27 heavy (non-hydrogen) atoms. The first kappa shape index (κ1) is 18.2. The lowest BCUT2D eigenvalue weighted by molar-refractivity contribution is -0.132. The van der Waals surface area contributed by atoms with E-state index >= 15 is 0 Å². The molecule has 0 radical (unpaired) electrons.